The van der Waals surface area contributed by atoms with Gasteiger partial charge < -0.3 is 10.2 Å². The van der Waals surface area contributed by atoms with Crippen LogP contribution in [0.15, 0.2) is 0 Å². The van der Waals surface area contributed by atoms with Crippen LogP contribution in [0.4, 0.5) is 0 Å². The molecule has 2 atom stereocenters. The number of likely N-dealkylation sites (tertiary alicyclic amines) is 1. The third-order valence-electron chi connectivity index (χ3n) is 6.35. The topological polar surface area (TPSA) is 15.3 Å². The Hall–Kier alpha value is -0.0800. The zero-order valence-corrected chi connectivity index (χ0v) is 12.8. The molecule has 2 heteroatoms. The normalized spacial score (nSPS) is 35.8. The Morgan fingerprint density at radius 2 is 1.79 bits per heavy atom. The molecule has 0 bridgehead atoms. The van der Waals surface area contributed by atoms with Crippen LogP contribution in [0.3, 0.4) is 0 Å². The Labute approximate surface area is 119 Å². The fraction of sp³-hybridized carbons (Fsp3) is 1.00. The van der Waals surface area contributed by atoms with Crippen LogP contribution in [0.25, 0.3) is 0 Å². The lowest BCUT2D eigenvalue weighted by Crippen LogP contribution is -2.49. The minimum absolute atomic E-state index is 0.632. The summed E-state index contributed by atoms with van der Waals surface area (Å²) in [6, 6.07) is 0. The predicted octanol–water partition coefficient (Wildman–Crippen LogP) is 3.28. The molecule has 0 aromatic rings. The van der Waals surface area contributed by atoms with E-state index in [-0.39, 0.29) is 0 Å². The number of rotatable bonds is 3. The van der Waals surface area contributed by atoms with Crippen molar-refractivity contribution in [2.45, 2.75) is 58.3 Å². The highest BCUT2D eigenvalue weighted by molar-refractivity contribution is 4.90. The minimum Gasteiger partial charge on any atom is -0.317 e. The third-order valence-corrected chi connectivity index (χ3v) is 6.35. The van der Waals surface area contributed by atoms with Gasteiger partial charge in [-0.05, 0) is 69.0 Å². The summed E-state index contributed by atoms with van der Waals surface area (Å²) in [7, 11) is 0. The molecule has 1 N–H and O–H groups in total. The van der Waals surface area contributed by atoms with Gasteiger partial charge in [0.2, 0.25) is 0 Å². The summed E-state index contributed by atoms with van der Waals surface area (Å²) in [6.07, 6.45) is 11.7. The second-order valence-corrected chi connectivity index (χ2v) is 7.43. The highest BCUT2D eigenvalue weighted by Gasteiger charge is 2.36. The maximum Gasteiger partial charge on any atom is 0.00389 e. The van der Waals surface area contributed by atoms with E-state index in [1.54, 1.807) is 0 Å². The van der Waals surface area contributed by atoms with Gasteiger partial charge in [-0.1, -0.05) is 26.2 Å². The van der Waals surface area contributed by atoms with Gasteiger partial charge in [-0.15, -0.1) is 0 Å². The molecule has 0 spiro atoms. The summed E-state index contributed by atoms with van der Waals surface area (Å²) in [5, 5.41) is 3.54. The Balaban J connectivity index is 1.57. The predicted molar refractivity (Wildman–Crippen MR) is 81.3 cm³/mol. The summed E-state index contributed by atoms with van der Waals surface area (Å²) in [4.78, 5) is 2.83. The second kappa shape index (κ2) is 6.13. The van der Waals surface area contributed by atoms with Crippen molar-refractivity contribution in [3.63, 3.8) is 0 Å². The van der Waals surface area contributed by atoms with Crippen molar-refractivity contribution in [1.82, 2.24) is 10.2 Å². The number of nitrogens with zero attached hydrogens (tertiary/aromatic N) is 1. The summed E-state index contributed by atoms with van der Waals surface area (Å²) in [6.45, 7) is 9.09. The molecule has 0 aromatic heterocycles. The van der Waals surface area contributed by atoms with Gasteiger partial charge in [-0.25, -0.2) is 0 Å². The SMILES string of the molecule is CCC1(CN2CCC3CCCCC3C2)CCNCC1. The molecule has 110 valence electrons. The van der Waals surface area contributed by atoms with Crippen molar-refractivity contribution in [3.05, 3.63) is 0 Å². The first-order valence-electron chi connectivity index (χ1n) is 8.74. The molecular weight excluding hydrogens is 232 g/mol. The van der Waals surface area contributed by atoms with Gasteiger partial charge >= 0.3 is 0 Å². The molecule has 0 radical (unpaired) electrons. The van der Waals surface area contributed by atoms with Crippen molar-refractivity contribution >= 4 is 0 Å². The Morgan fingerprint density at radius 3 is 2.53 bits per heavy atom. The lowest BCUT2D eigenvalue weighted by molar-refractivity contribution is 0.0376. The number of nitrogens with one attached hydrogen (secondary N) is 1. The number of hydrogen-bond acceptors (Lipinski definition) is 2. The monoisotopic (exact) mass is 264 g/mol. The summed E-state index contributed by atoms with van der Waals surface area (Å²) in [5.41, 5.74) is 0.632. The molecule has 0 aromatic carbocycles. The Bertz CT molecular complexity index is 283. The molecule has 1 saturated carbocycles. The molecule has 2 unspecified atom stereocenters. The Kier molecular flexibility index (Phi) is 4.48. The fourth-order valence-electron chi connectivity index (χ4n) is 4.87. The summed E-state index contributed by atoms with van der Waals surface area (Å²) < 4.78 is 0. The molecule has 3 rings (SSSR count). The molecular formula is C17H32N2. The largest absolute Gasteiger partial charge is 0.317 e. The van der Waals surface area contributed by atoms with Gasteiger partial charge in [0.25, 0.3) is 0 Å². The average Bonchev–Trinajstić information content (AvgIpc) is 2.48. The maximum atomic E-state index is 3.54. The van der Waals surface area contributed by atoms with Crippen molar-refractivity contribution in [2.75, 3.05) is 32.7 Å². The van der Waals surface area contributed by atoms with Crippen LogP contribution >= 0.6 is 0 Å². The zero-order chi connectivity index (χ0) is 13.1. The van der Waals surface area contributed by atoms with Gasteiger partial charge in [0.05, 0.1) is 0 Å². The van der Waals surface area contributed by atoms with Crippen molar-refractivity contribution in [3.8, 4) is 0 Å². The highest BCUT2D eigenvalue weighted by atomic mass is 15.1. The van der Waals surface area contributed by atoms with E-state index in [1.807, 2.05) is 0 Å². The molecule has 2 heterocycles. The van der Waals surface area contributed by atoms with Crippen LogP contribution in [-0.2, 0) is 0 Å². The van der Waals surface area contributed by atoms with Crippen LogP contribution in [-0.4, -0.2) is 37.6 Å². The van der Waals surface area contributed by atoms with E-state index in [0.717, 1.165) is 11.8 Å². The number of piperidine rings is 2. The lowest BCUT2D eigenvalue weighted by atomic mass is 9.73. The van der Waals surface area contributed by atoms with E-state index >= 15 is 0 Å². The first kappa shape index (κ1) is 13.9. The zero-order valence-electron chi connectivity index (χ0n) is 12.8. The van der Waals surface area contributed by atoms with Crippen molar-refractivity contribution in [2.24, 2.45) is 17.3 Å². The Morgan fingerprint density at radius 1 is 1.05 bits per heavy atom. The molecule has 2 saturated heterocycles. The van der Waals surface area contributed by atoms with Crippen LogP contribution in [0.5, 0.6) is 0 Å². The first-order chi connectivity index (χ1) is 9.31. The van der Waals surface area contributed by atoms with Crippen LogP contribution in [0.2, 0.25) is 0 Å². The average molecular weight is 264 g/mol. The smallest absolute Gasteiger partial charge is 0.00389 e. The molecule has 2 aliphatic heterocycles. The standard InChI is InChI=1S/C17H32N2/c1-2-17(8-10-18-11-9-17)14-19-12-7-15-5-3-4-6-16(15)13-19/h15-16,18H,2-14H2,1H3. The van der Waals surface area contributed by atoms with Gasteiger partial charge in [-0.3, -0.25) is 0 Å². The van der Waals surface area contributed by atoms with Crippen molar-refractivity contribution in [1.29, 1.82) is 0 Å². The van der Waals surface area contributed by atoms with E-state index < -0.39 is 0 Å². The quantitative estimate of drug-likeness (QED) is 0.841. The number of hydrogen-bond donors (Lipinski definition) is 1. The summed E-state index contributed by atoms with van der Waals surface area (Å²) >= 11 is 0. The van der Waals surface area contributed by atoms with Crippen LogP contribution in [0.1, 0.15) is 58.3 Å². The minimum atomic E-state index is 0.632. The fourth-order valence-corrected chi connectivity index (χ4v) is 4.87. The summed E-state index contributed by atoms with van der Waals surface area (Å²) in [5.74, 6) is 2.12. The van der Waals surface area contributed by atoms with Crippen LogP contribution in [0, 0.1) is 17.3 Å². The van der Waals surface area contributed by atoms with Crippen LogP contribution < -0.4 is 5.32 Å². The second-order valence-electron chi connectivity index (χ2n) is 7.43. The van der Waals surface area contributed by atoms with Gasteiger partial charge in [0.15, 0.2) is 0 Å². The molecule has 2 nitrogen and oxygen atoms in total. The lowest BCUT2D eigenvalue weighted by Gasteiger charge is -2.46. The molecule has 3 fully saturated rings. The maximum absolute atomic E-state index is 3.54. The van der Waals surface area contributed by atoms with E-state index in [4.69, 9.17) is 0 Å². The molecule has 3 aliphatic rings. The van der Waals surface area contributed by atoms with Gasteiger partial charge in [-0.2, -0.15) is 0 Å². The third kappa shape index (κ3) is 3.16. The van der Waals surface area contributed by atoms with Gasteiger partial charge in [0.1, 0.15) is 0 Å². The van der Waals surface area contributed by atoms with E-state index in [1.165, 1.54) is 84.1 Å². The first-order valence-corrected chi connectivity index (χ1v) is 8.74. The molecule has 0 amide bonds. The molecule has 1 aliphatic carbocycles. The van der Waals surface area contributed by atoms with E-state index in [0.29, 0.717) is 5.41 Å². The van der Waals surface area contributed by atoms with Gasteiger partial charge in [0, 0.05) is 13.1 Å². The number of fused-ring (bicyclic) bond motifs is 1. The molecule has 19 heavy (non-hydrogen) atoms. The van der Waals surface area contributed by atoms with Crippen molar-refractivity contribution < 1.29 is 0 Å². The van der Waals surface area contributed by atoms with E-state index in [9.17, 15) is 0 Å². The van der Waals surface area contributed by atoms with E-state index in [2.05, 4.69) is 17.1 Å². The highest BCUT2D eigenvalue weighted by Crippen LogP contribution is 2.39.